The summed E-state index contributed by atoms with van der Waals surface area (Å²) in [6, 6.07) is 17.3. The average Bonchev–Trinajstić information content (AvgIpc) is 3.66. The Labute approximate surface area is 303 Å². The fourth-order valence-electron chi connectivity index (χ4n) is 5.75. The van der Waals surface area contributed by atoms with Crippen molar-refractivity contribution in [2.75, 3.05) is 31.0 Å². The number of aryl methyl sites for hydroxylation is 1. The van der Waals surface area contributed by atoms with Crippen LogP contribution < -0.4 is 14.9 Å². The van der Waals surface area contributed by atoms with Crippen molar-refractivity contribution in [2.45, 2.75) is 69.4 Å². The van der Waals surface area contributed by atoms with Gasteiger partial charge >= 0.3 is 0 Å². The molecule has 2 amide bonds. The number of hydrogen-bond acceptors (Lipinski definition) is 7. The van der Waals surface area contributed by atoms with Gasteiger partial charge in [0.1, 0.15) is 15.8 Å². The summed E-state index contributed by atoms with van der Waals surface area (Å²) < 4.78 is 56.5. The van der Waals surface area contributed by atoms with Crippen LogP contribution in [0.2, 0.25) is 0 Å². The van der Waals surface area contributed by atoms with Gasteiger partial charge in [-0.3, -0.25) is 13.9 Å². The fraction of sp³-hybridized carbons (Fsp3) is 0.368. The first-order valence-corrected chi connectivity index (χ1v) is 19.4. The molecule has 0 saturated heterocycles. The number of sulfonamides is 1. The molecule has 4 aromatic rings. The monoisotopic (exact) mass is 740 g/mol. The first-order valence-electron chi connectivity index (χ1n) is 17.0. The molecule has 3 N–H and O–H groups in total. The Morgan fingerprint density at radius 3 is 2.16 bits per heavy atom. The normalized spacial score (nSPS) is 12.7. The van der Waals surface area contributed by atoms with Crippen molar-refractivity contribution >= 4 is 38.9 Å². The van der Waals surface area contributed by atoms with Crippen LogP contribution in [0.15, 0.2) is 82.4 Å². The number of thiophene rings is 1. The molecule has 0 spiro atoms. The number of nitrogens with zero attached hydrogens (tertiary/aromatic N) is 2. The van der Waals surface area contributed by atoms with Gasteiger partial charge < -0.3 is 20.6 Å². The van der Waals surface area contributed by atoms with E-state index in [-0.39, 0.29) is 45.5 Å². The molecule has 0 unspecified atom stereocenters. The summed E-state index contributed by atoms with van der Waals surface area (Å²) in [5, 5.41) is 19.0. The molecule has 51 heavy (non-hydrogen) atoms. The van der Waals surface area contributed by atoms with Gasteiger partial charge in [-0.15, -0.1) is 11.3 Å². The first-order chi connectivity index (χ1) is 24.4. The summed E-state index contributed by atoms with van der Waals surface area (Å²) in [6.45, 7) is 7.35. The van der Waals surface area contributed by atoms with Gasteiger partial charge in [-0.05, 0) is 84.2 Å². The minimum atomic E-state index is -4.02. The molecule has 2 atom stereocenters. The molecule has 0 aliphatic rings. The van der Waals surface area contributed by atoms with Crippen LogP contribution in [0.25, 0.3) is 0 Å². The summed E-state index contributed by atoms with van der Waals surface area (Å²) in [4.78, 5) is 29.4. The van der Waals surface area contributed by atoms with E-state index in [0.717, 1.165) is 51.4 Å². The number of benzene rings is 3. The Morgan fingerprint density at radius 2 is 1.53 bits per heavy atom. The summed E-state index contributed by atoms with van der Waals surface area (Å²) in [5.41, 5.74) is 2.57. The van der Waals surface area contributed by atoms with Crippen molar-refractivity contribution in [1.82, 2.24) is 15.5 Å². The zero-order chi connectivity index (χ0) is 37.1. The van der Waals surface area contributed by atoms with Crippen molar-refractivity contribution in [3.05, 3.63) is 118 Å². The molecule has 0 aliphatic heterocycles. The van der Waals surface area contributed by atoms with Gasteiger partial charge in [0.15, 0.2) is 0 Å². The van der Waals surface area contributed by atoms with E-state index in [2.05, 4.69) is 23.6 Å². The molecule has 0 fully saturated rings. The van der Waals surface area contributed by atoms with Crippen molar-refractivity contribution in [3.8, 4) is 0 Å². The van der Waals surface area contributed by atoms with Crippen LogP contribution in [0.4, 0.5) is 14.5 Å². The Hall–Kier alpha value is -4.17. The van der Waals surface area contributed by atoms with Gasteiger partial charge in [0.05, 0.1) is 17.8 Å². The van der Waals surface area contributed by atoms with Crippen molar-refractivity contribution in [2.24, 2.45) is 0 Å². The zero-order valence-electron chi connectivity index (χ0n) is 29.4. The zero-order valence-corrected chi connectivity index (χ0v) is 31.0. The number of aliphatic hydroxyl groups is 1. The minimum Gasteiger partial charge on any atom is -0.390 e. The molecule has 1 heterocycles. The number of carbonyl (C=O) groups excluding carboxylic acids is 2. The van der Waals surface area contributed by atoms with E-state index in [0.29, 0.717) is 32.5 Å². The fourth-order valence-corrected chi connectivity index (χ4v) is 8.09. The summed E-state index contributed by atoms with van der Waals surface area (Å²) in [6.07, 6.45) is 0.945. The van der Waals surface area contributed by atoms with Gasteiger partial charge in [-0.1, -0.05) is 51.1 Å². The highest BCUT2D eigenvalue weighted by atomic mass is 32.2. The SMILES string of the molecule is CCCN(CCC)C(=O)c1cc(C(=O)N[C@@H](Cc2cc(F)cc(F)c2)[C@H](O)CNCc2cccc(CC)c2)cc(N(C)S(=O)(=O)c2cccs2)c1. The molecule has 0 saturated carbocycles. The van der Waals surface area contributed by atoms with Crippen LogP contribution >= 0.6 is 11.3 Å². The third-order valence-corrected chi connectivity index (χ3v) is 11.6. The van der Waals surface area contributed by atoms with E-state index in [1.54, 1.807) is 16.3 Å². The van der Waals surface area contributed by atoms with E-state index in [9.17, 15) is 31.9 Å². The molecular weight excluding hydrogens is 695 g/mol. The van der Waals surface area contributed by atoms with Crippen molar-refractivity contribution in [1.29, 1.82) is 0 Å². The lowest BCUT2D eigenvalue weighted by Crippen LogP contribution is -2.48. The third kappa shape index (κ3) is 10.7. The number of rotatable bonds is 18. The van der Waals surface area contributed by atoms with Gasteiger partial charge in [0, 0.05) is 50.4 Å². The van der Waals surface area contributed by atoms with Crippen molar-refractivity contribution in [3.63, 3.8) is 0 Å². The van der Waals surface area contributed by atoms with E-state index >= 15 is 0 Å². The number of hydrogen-bond donors (Lipinski definition) is 3. The maximum absolute atomic E-state index is 14.2. The topological polar surface area (TPSA) is 119 Å². The quantitative estimate of drug-likeness (QED) is 0.112. The Morgan fingerprint density at radius 1 is 0.863 bits per heavy atom. The molecule has 274 valence electrons. The molecule has 0 aliphatic carbocycles. The first kappa shape index (κ1) is 39.6. The minimum absolute atomic E-state index is 0.0241. The van der Waals surface area contributed by atoms with Gasteiger partial charge in [-0.2, -0.15) is 0 Å². The average molecular weight is 741 g/mol. The van der Waals surface area contributed by atoms with E-state index in [4.69, 9.17) is 0 Å². The van der Waals surface area contributed by atoms with Gasteiger partial charge in [-0.25, -0.2) is 17.2 Å². The second-order valence-corrected chi connectivity index (χ2v) is 15.5. The van der Waals surface area contributed by atoms with E-state index in [1.807, 2.05) is 32.0 Å². The summed E-state index contributed by atoms with van der Waals surface area (Å²) >= 11 is 1.04. The lowest BCUT2D eigenvalue weighted by Gasteiger charge is -2.26. The van der Waals surface area contributed by atoms with Crippen LogP contribution in [0, 0.1) is 11.6 Å². The lowest BCUT2D eigenvalue weighted by molar-refractivity contribution is 0.0755. The second kappa shape index (κ2) is 18.4. The maximum atomic E-state index is 14.2. The summed E-state index contributed by atoms with van der Waals surface area (Å²) in [5.74, 6) is -2.66. The molecule has 3 aromatic carbocycles. The predicted octanol–water partition coefficient (Wildman–Crippen LogP) is 6.17. The Kier molecular flexibility index (Phi) is 14.3. The van der Waals surface area contributed by atoms with Crippen LogP contribution in [-0.4, -0.2) is 69.1 Å². The van der Waals surface area contributed by atoms with Crippen LogP contribution in [-0.2, 0) is 29.4 Å². The van der Waals surface area contributed by atoms with E-state index < -0.39 is 39.7 Å². The number of halogens is 2. The summed E-state index contributed by atoms with van der Waals surface area (Å²) in [7, 11) is -2.67. The molecule has 1 aromatic heterocycles. The largest absolute Gasteiger partial charge is 0.390 e. The van der Waals surface area contributed by atoms with Crippen LogP contribution in [0.1, 0.15) is 71.0 Å². The molecular formula is C38H46F2N4O5S2. The highest BCUT2D eigenvalue weighted by Crippen LogP contribution is 2.28. The van der Waals surface area contributed by atoms with Crippen LogP contribution in [0.5, 0.6) is 0 Å². The molecule has 0 bridgehead atoms. The number of aliphatic hydroxyl groups excluding tert-OH is 1. The third-order valence-electron chi connectivity index (χ3n) is 8.42. The lowest BCUT2D eigenvalue weighted by atomic mass is 9.99. The number of nitrogens with one attached hydrogen (secondary N) is 2. The Balaban J connectivity index is 1.68. The highest BCUT2D eigenvalue weighted by molar-refractivity contribution is 7.94. The predicted molar refractivity (Wildman–Crippen MR) is 198 cm³/mol. The van der Waals surface area contributed by atoms with Gasteiger partial charge in [0.2, 0.25) is 0 Å². The van der Waals surface area contributed by atoms with Gasteiger partial charge in [0.25, 0.3) is 21.8 Å². The second-order valence-electron chi connectivity index (χ2n) is 12.4. The maximum Gasteiger partial charge on any atom is 0.273 e. The van der Waals surface area contributed by atoms with Crippen LogP contribution in [0.3, 0.4) is 0 Å². The smallest absolute Gasteiger partial charge is 0.273 e. The molecule has 0 radical (unpaired) electrons. The molecule has 4 rings (SSSR count). The molecule has 9 nitrogen and oxygen atoms in total. The number of carbonyl (C=O) groups is 2. The van der Waals surface area contributed by atoms with Crippen molar-refractivity contribution < 1.29 is 31.9 Å². The standard InChI is InChI=1S/C38H46F2N4O5S2/c1-5-13-44(14-6-2)38(47)30-20-29(21-33(22-30)43(4)51(48,49)36-12-9-15-50-36)37(46)42-34(19-28-17-31(39)23-32(40)18-28)35(45)25-41-24-27-11-8-10-26(7-3)16-27/h8-12,15-18,20-23,34-35,41,45H,5-7,13-14,19,24-25H2,1-4H3,(H,42,46)/t34-,35+/m0/s1. The highest BCUT2D eigenvalue weighted by Gasteiger charge is 2.28. The Bertz CT molecular complexity index is 1860. The molecule has 13 heteroatoms. The number of anilines is 1. The number of amides is 2. The van der Waals surface area contributed by atoms with E-state index in [1.165, 1.54) is 31.3 Å².